The largest absolute Gasteiger partial charge is 0.489 e. The average Bonchev–Trinajstić information content (AvgIpc) is 2.80. The van der Waals surface area contributed by atoms with Gasteiger partial charge in [0.2, 0.25) is 0 Å². The Morgan fingerprint density at radius 1 is 0.844 bits per heavy atom. The molecule has 4 rings (SSSR count). The Bertz CT molecular complexity index is 1050. The summed E-state index contributed by atoms with van der Waals surface area (Å²) in [4.78, 5) is 23.3. The van der Waals surface area contributed by atoms with E-state index in [0.717, 1.165) is 11.1 Å². The monoisotopic (exact) mass is 432 g/mol. The zero-order valence-corrected chi connectivity index (χ0v) is 17.5. The number of carbonyl (C=O) groups excluding carboxylic acids is 1. The van der Waals surface area contributed by atoms with Gasteiger partial charge in [0.25, 0.3) is 0 Å². The molecule has 1 fully saturated rings. The lowest BCUT2D eigenvalue weighted by atomic mass is 9.76. The van der Waals surface area contributed by atoms with Gasteiger partial charge in [-0.25, -0.2) is 0 Å². The second kappa shape index (κ2) is 9.66. The van der Waals surface area contributed by atoms with Crippen LogP contribution in [0.25, 0.3) is 0 Å². The van der Waals surface area contributed by atoms with Crippen molar-refractivity contribution in [3.63, 3.8) is 0 Å². The zero-order chi connectivity index (χ0) is 22.4. The van der Waals surface area contributed by atoms with Crippen molar-refractivity contribution >= 4 is 11.8 Å². The first kappa shape index (κ1) is 21.6. The van der Waals surface area contributed by atoms with Crippen molar-refractivity contribution in [3.05, 3.63) is 95.6 Å². The number of carbonyl (C=O) groups is 2. The summed E-state index contributed by atoms with van der Waals surface area (Å²) < 4.78 is 16.7. The van der Waals surface area contributed by atoms with Crippen LogP contribution in [0.3, 0.4) is 0 Å². The number of aliphatic carboxylic acids is 1. The molecule has 1 heterocycles. The first-order valence-electron chi connectivity index (χ1n) is 10.4. The van der Waals surface area contributed by atoms with Crippen molar-refractivity contribution in [3.8, 4) is 11.5 Å². The highest BCUT2D eigenvalue weighted by molar-refractivity contribution is 5.97. The standard InChI is InChI=1S/C26H24O6/c27-24(20-4-2-1-3-5-20)16-32-22-10-6-19(7-11-22)15-31-23-12-8-21(9-13-23)26(14-25(28)29)17-30-18-26/h1-13H,14-18H2,(H,28,29). The lowest BCUT2D eigenvalue weighted by molar-refractivity contribution is -0.145. The molecule has 6 nitrogen and oxygen atoms in total. The fourth-order valence-corrected chi connectivity index (χ4v) is 3.62. The van der Waals surface area contributed by atoms with Crippen LogP contribution in [0.5, 0.6) is 11.5 Å². The van der Waals surface area contributed by atoms with Crippen molar-refractivity contribution in [1.29, 1.82) is 0 Å². The Kier molecular flexibility index (Phi) is 6.52. The summed E-state index contributed by atoms with van der Waals surface area (Å²) in [6, 6.07) is 24.0. The molecule has 0 unspecified atom stereocenters. The third kappa shape index (κ3) is 5.15. The molecule has 0 atom stereocenters. The maximum Gasteiger partial charge on any atom is 0.304 e. The maximum atomic E-state index is 12.1. The number of ketones is 1. The molecule has 32 heavy (non-hydrogen) atoms. The Balaban J connectivity index is 1.28. The molecular weight excluding hydrogens is 408 g/mol. The molecule has 1 saturated heterocycles. The van der Waals surface area contributed by atoms with Gasteiger partial charge in [-0.15, -0.1) is 0 Å². The Labute approximate surface area is 186 Å². The lowest BCUT2D eigenvalue weighted by Crippen LogP contribution is -2.48. The van der Waals surface area contributed by atoms with Crippen LogP contribution < -0.4 is 9.47 Å². The van der Waals surface area contributed by atoms with E-state index < -0.39 is 11.4 Å². The molecule has 0 spiro atoms. The number of rotatable bonds is 10. The van der Waals surface area contributed by atoms with E-state index in [1.165, 1.54) is 0 Å². The van der Waals surface area contributed by atoms with Gasteiger partial charge < -0.3 is 19.3 Å². The number of Topliss-reactive ketones (excluding diaryl/α,β-unsaturated/α-hetero) is 1. The smallest absolute Gasteiger partial charge is 0.304 e. The van der Waals surface area contributed by atoms with E-state index in [-0.39, 0.29) is 18.8 Å². The van der Waals surface area contributed by atoms with Gasteiger partial charge in [0.1, 0.15) is 18.1 Å². The van der Waals surface area contributed by atoms with Gasteiger partial charge in [0.05, 0.1) is 25.0 Å². The molecule has 1 aliphatic heterocycles. The molecule has 0 radical (unpaired) electrons. The molecule has 0 saturated carbocycles. The van der Waals surface area contributed by atoms with Gasteiger partial charge in [-0.2, -0.15) is 0 Å². The number of benzene rings is 3. The van der Waals surface area contributed by atoms with Crippen LogP contribution in [0.4, 0.5) is 0 Å². The summed E-state index contributed by atoms with van der Waals surface area (Å²) in [6.07, 6.45) is 0.0541. The summed E-state index contributed by atoms with van der Waals surface area (Å²) in [5.41, 5.74) is 2.10. The predicted octanol–water partition coefficient (Wildman–Crippen LogP) is 4.27. The summed E-state index contributed by atoms with van der Waals surface area (Å²) in [6.45, 7) is 1.21. The van der Waals surface area contributed by atoms with Crippen LogP contribution in [0.15, 0.2) is 78.9 Å². The lowest BCUT2D eigenvalue weighted by Gasteiger charge is -2.40. The minimum Gasteiger partial charge on any atom is -0.489 e. The summed E-state index contributed by atoms with van der Waals surface area (Å²) in [5.74, 6) is 0.424. The molecule has 0 amide bonds. The molecule has 164 valence electrons. The first-order chi connectivity index (χ1) is 15.5. The average molecular weight is 432 g/mol. The SMILES string of the molecule is O=C(O)CC1(c2ccc(OCc3ccc(OCC(=O)c4ccccc4)cc3)cc2)COC1. The highest BCUT2D eigenvalue weighted by Crippen LogP contribution is 2.36. The highest BCUT2D eigenvalue weighted by atomic mass is 16.5. The maximum absolute atomic E-state index is 12.1. The Morgan fingerprint density at radius 2 is 1.47 bits per heavy atom. The molecule has 0 bridgehead atoms. The second-order valence-electron chi connectivity index (χ2n) is 7.88. The third-order valence-corrected chi connectivity index (χ3v) is 5.51. The minimum atomic E-state index is -0.828. The topological polar surface area (TPSA) is 82.1 Å². The predicted molar refractivity (Wildman–Crippen MR) is 118 cm³/mol. The quantitative estimate of drug-likeness (QED) is 0.482. The van der Waals surface area contributed by atoms with Crippen molar-refractivity contribution in [2.45, 2.75) is 18.4 Å². The summed E-state index contributed by atoms with van der Waals surface area (Å²) in [7, 11) is 0. The zero-order valence-electron chi connectivity index (χ0n) is 17.5. The van der Waals surface area contributed by atoms with Crippen molar-refractivity contribution in [1.82, 2.24) is 0 Å². The molecule has 0 aromatic heterocycles. The van der Waals surface area contributed by atoms with Crippen molar-refractivity contribution in [2.24, 2.45) is 0 Å². The van der Waals surface area contributed by atoms with Crippen molar-refractivity contribution in [2.75, 3.05) is 19.8 Å². The van der Waals surface area contributed by atoms with Crippen LogP contribution in [0, 0.1) is 0 Å². The van der Waals surface area contributed by atoms with Gasteiger partial charge in [-0.05, 0) is 35.4 Å². The molecular formula is C26H24O6. The van der Waals surface area contributed by atoms with E-state index in [1.807, 2.05) is 66.7 Å². The van der Waals surface area contributed by atoms with Gasteiger partial charge in [0, 0.05) is 5.56 Å². The number of carboxylic acid groups (broad SMARTS) is 1. The molecule has 0 aliphatic carbocycles. The van der Waals surface area contributed by atoms with Gasteiger partial charge in [-0.3, -0.25) is 9.59 Å². The van der Waals surface area contributed by atoms with E-state index in [9.17, 15) is 9.59 Å². The molecule has 1 N–H and O–H groups in total. The Morgan fingerprint density at radius 3 is 2.06 bits per heavy atom. The van der Waals surface area contributed by atoms with Crippen LogP contribution in [-0.2, 0) is 21.6 Å². The van der Waals surface area contributed by atoms with E-state index in [1.54, 1.807) is 12.1 Å². The van der Waals surface area contributed by atoms with Crippen LogP contribution >= 0.6 is 0 Å². The molecule has 3 aromatic carbocycles. The summed E-state index contributed by atoms with van der Waals surface area (Å²) in [5, 5.41) is 9.17. The fraction of sp³-hybridized carbons (Fsp3) is 0.231. The second-order valence-corrected chi connectivity index (χ2v) is 7.88. The molecule has 6 heteroatoms. The van der Waals surface area contributed by atoms with E-state index in [4.69, 9.17) is 19.3 Å². The van der Waals surface area contributed by atoms with E-state index >= 15 is 0 Å². The van der Waals surface area contributed by atoms with E-state index in [0.29, 0.717) is 36.9 Å². The van der Waals surface area contributed by atoms with E-state index in [2.05, 4.69) is 0 Å². The molecule has 3 aromatic rings. The first-order valence-corrected chi connectivity index (χ1v) is 10.4. The number of ether oxygens (including phenoxy) is 3. The Hall–Kier alpha value is -3.64. The van der Waals surface area contributed by atoms with Gasteiger partial charge in [-0.1, -0.05) is 54.6 Å². The summed E-state index contributed by atoms with van der Waals surface area (Å²) >= 11 is 0. The number of hydrogen-bond donors (Lipinski definition) is 1. The van der Waals surface area contributed by atoms with Crippen LogP contribution in [0.1, 0.15) is 27.9 Å². The van der Waals surface area contributed by atoms with Crippen molar-refractivity contribution < 1.29 is 28.9 Å². The molecule has 1 aliphatic rings. The highest BCUT2D eigenvalue weighted by Gasteiger charge is 2.42. The number of carboxylic acids is 1. The van der Waals surface area contributed by atoms with Crippen LogP contribution in [0.2, 0.25) is 0 Å². The minimum absolute atomic E-state index is 0.0133. The van der Waals surface area contributed by atoms with Gasteiger partial charge >= 0.3 is 5.97 Å². The normalized spacial score (nSPS) is 14.2. The third-order valence-electron chi connectivity index (χ3n) is 5.51. The van der Waals surface area contributed by atoms with Crippen LogP contribution in [-0.4, -0.2) is 36.7 Å². The fourth-order valence-electron chi connectivity index (χ4n) is 3.62. The number of hydrogen-bond acceptors (Lipinski definition) is 5. The van der Waals surface area contributed by atoms with Gasteiger partial charge in [0.15, 0.2) is 12.4 Å².